The van der Waals surface area contributed by atoms with Crippen molar-refractivity contribution in [2.45, 2.75) is 38.2 Å². The summed E-state index contributed by atoms with van der Waals surface area (Å²) in [6, 6.07) is 0. The van der Waals surface area contributed by atoms with Crippen molar-refractivity contribution in [2.24, 2.45) is 5.92 Å². The van der Waals surface area contributed by atoms with Gasteiger partial charge in [-0.25, -0.2) is 4.98 Å². The molecule has 0 spiro atoms. The summed E-state index contributed by atoms with van der Waals surface area (Å²) in [6.07, 6.45) is 6.25. The molecule has 15 heavy (non-hydrogen) atoms. The van der Waals surface area contributed by atoms with Gasteiger partial charge in [0.05, 0.1) is 0 Å². The Morgan fingerprint density at radius 2 is 2.33 bits per heavy atom. The van der Waals surface area contributed by atoms with Crippen LogP contribution in [0.2, 0.25) is 0 Å². The topological polar surface area (TPSA) is 63.3 Å². The summed E-state index contributed by atoms with van der Waals surface area (Å²) in [7, 11) is 0. The van der Waals surface area contributed by atoms with Gasteiger partial charge in [0.25, 0.3) is 0 Å². The number of hydrogen-bond acceptors (Lipinski definition) is 4. The van der Waals surface area contributed by atoms with Crippen LogP contribution in [0.15, 0.2) is 17.1 Å². The van der Waals surface area contributed by atoms with E-state index in [1.807, 2.05) is 0 Å². The highest BCUT2D eigenvalue weighted by Crippen LogP contribution is 2.30. The SMILES string of the molecule is O=C1CCCCCC1C(O)c1cocn1. The Kier molecular flexibility index (Phi) is 3.16. The van der Waals surface area contributed by atoms with Crippen LogP contribution in [0.4, 0.5) is 0 Å². The van der Waals surface area contributed by atoms with Gasteiger partial charge in [-0.3, -0.25) is 4.79 Å². The third-order valence-corrected chi connectivity index (χ3v) is 2.99. The predicted octanol–water partition coefficient (Wildman–Crippen LogP) is 1.86. The molecule has 4 heteroatoms. The fourth-order valence-corrected chi connectivity index (χ4v) is 2.09. The number of hydrogen-bond donors (Lipinski definition) is 1. The molecule has 1 N–H and O–H groups in total. The van der Waals surface area contributed by atoms with Gasteiger partial charge in [0.15, 0.2) is 6.39 Å². The van der Waals surface area contributed by atoms with Crippen LogP contribution in [0.3, 0.4) is 0 Å². The minimum atomic E-state index is -0.797. The maximum Gasteiger partial charge on any atom is 0.180 e. The summed E-state index contributed by atoms with van der Waals surface area (Å²) < 4.78 is 4.81. The van der Waals surface area contributed by atoms with Gasteiger partial charge >= 0.3 is 0 Å². The van der Waals surface area contributed by atoms with Crippen molar-refractivity contribution in [1.29, 1.82) is 0 Å². The van der Waals surface area contributed by atoms with Gasteiger partial charge in [0.1, 0.15) is 23.8 Å². The van der Waals surface area contributed by atoms with Crippen LogP contribution in [0.1, 0.15) is 43.9 Å². The maximum absolute atomic E-state index is 11.7. The Morgan fingerprint density at radius 3 is 3.07 bits per heavy atom. The second-order valence-corrected chi connectivity index (χ2v) is 4.03. The molecule has 0 aromatic carbocycles. The smallest absolute Gasteiger partial charge is 0.180 e. The van der Waals surface area contributed by atoms with Crippen LogP contribution < -0.4 is 0 Å². The number of aliphatic hydroxyl groups excluding tert-OH is 1. The third kappa shape index (κ3) is 2.26. The zero-order chi connectivity index (χ0) is 10.7. The van der Waals surface area contributed by atoms with Crippen LogP contribution in [0, 0.1) is 5.92 Å². The minimum Gasteiger partial charge on any atom is -0.451 e. The largest absolute Gasteiger partial charge is 0.451 e. The van der Waals surface area contributed by atoms with Crippen molar-refractivity contribution in [3.63, 3.8) is 0 Å². The molecular weight excluding hydrogens is 194 g/mol. The molecule has 1 saturated carbocycles. The molecule has 0 saturated heterocycles. The van der Waals surface area contributed by atoms with Crippen molar-refractivity contribution in [3.8, 4) is 0 Å². The summed E-state index contributed by atoms with van der Waals surface area (Å²) in [4.78, 5) is 15.6. The lowest BCUT2D eigenvalue weighted by Gasteiger charge is -2.17. The van der Waals surface area contributed by atoms with Gasteiger partial charge in [-0.1, -0.05) is 12.8 Å². The van der Waals surface area contributed by atoms with E-state index in [1.54, 1.807) is 0 Å². The minimum absolute atomic E-state index is 0.156. The van der Waals surface area contributed by atoms with Crippen LogP contribution in [0.5, 0.6) is 0 Å². The number of nitrogens with zero attached hydrogens (tertiary/aromatic N) is 1. The molecule has 1 aliphatic rings. The predicted molar refractivity (Wildman–Crippen MR) is 53.0 cm³/mol. The molecular formula is C11H15NO3. The summed E-state index contributed by atoms with van der Waals surface area (Å²) in [5, 5.41) is 9.99. The molecule has 0 radical (unpaired) electrons. The van der Waals surface area contributed by atoms with Crippen LogP contribution in [-0.4, -0.2) is 15.9 Å². The van der Waals surface area contributed by atoms with E-state index in [0.29, 0.717) is 12.1 Å². The second-order valence-electron chi connectivity index (χ2n) is 4.03. The molecule has 1 fully saturated rings. The Labute approximate surface area is 88.3 Å². The van der Waals surface area contributed by atoms with E-state index in [-0.39, 0.29) is 11.7 Å². The molecule has 0 aliphatic heterocycles. The van der Waals surface area contributed by atoms with E-state index in [1.165, 1.54) is 12.7 Å². The summed E-state index contributed by atoms with van der Waals surface area (Å²) in [5.41, 5.74) is 0.468. The average molecular weight is 209 g/mol. The lowest BCUT2D eigenvalue weighted by molar-refractivity contribution is -0.126. The summed E-state index contributed by atoms with van der Waals surface area (Å²) in [5.74, 6) is -0.138. The zero-order valence-electron chi connectivity index (χ0n) is 8.56. The Balaban J connectivity index is 2.10. The van der Waals surface area contributed by atoms with E-state index in [0.717, 1.165) is 25.7 Å². The first-order chi connectivity index (χ1) is 7.29. The number of ketones is 1. The highest BCUT2D eigenvalue weighted by Gasteiger charge is 2.30. The highest BCUT2D eigenvalue weighted by atomic mass is 16.3. The standard InChI is InChI=1S/C11H15NO3/c13-10-5-3-1-2-4-8(10)11(14)9-6-15-7-12-9/h6-8,11,14H,1-5H2. The van der Waals surface area contributed by atoms with Crippen molar-refractivity contribution in [3.05, 3.63) is 18.4 Å². The molecule has 1 aromatic rings. The molecule has 0 amide bonds. The molecule has 1 heterocycles. The van der Waals surface area contributed by atoms with E-state index in [4.69, 9.17) is 4.42 Å². The highest BCUT2D eigenvalue weighted by molar-refractivity contribution is 5.81. The van der Waals surface area contributed by atoms with Gasteiger partial charge in [-0.15, -0.1) is 0 Å². The van der Waals surface area contributed by atoms with Crippen LogP contribution >= 0.6 is 0 Å². The quantitative estimate of drug-likeness (QED) is 0.755. The molecule has 4 nitrogen and oxygen atoms in total. The number of aromatic nitrogens is 1. The first-order valence-electron chi connectivity index (χ1n) is 5.38. The fraction of sp³-hybridized carbons (Fsp3) is 0.636. The van der Waals surface area contributed by atoms with Gasteiger partial charge in [-0.2, -0.15) is 0 Å². The van der Waals surface area contributed by atoms with E-state index in [2.05, 4.69) is 4.98 Å². The lowest BCUT2D eigenvalue weighted by atomic mass is 9.91. The van der Waals surface area contributed by atoms with Gasteiger partial charge in [-0.05, 0) is 12.8 Å². The van der Waals surface area contributed by atoms with Gasteiger partial charge in [0, 0.05) is 12.3 Å². The molecule has 82 valence electrons. The van der Waals surface area contributed by atoms with Crippen molar-refractivity contribution >= 4 is 5.78 Å². The van der Waals surface area contributed by atoms with E-state index < -0.39 is 6.10 Å². The molecule has 2 unspecified atom stereocenters. The molecule has 1 aliphatic carbocycles. The second kappa shape index (κ2) is 4.57. The summed E-state index contributed by atoms with van der Waals surface area (Å²) >= 11 is 0. The van der Waals surface area contributed by atoms with E-state index >= 15 is 0 Å². The lowest BCUT2D eigenvalue weighted by Crippen LogP contribution is -2.21. The van der Waals surface area contributed by atoms with Crippen LogP contribution in [-0.2, 0) is 4.79 Å². The van der Waals surface area contributed by atoms with Crippen molar-refractivity contribution < 1.29 is 14.3 Å². The van der Waals surface area contributed by atoms with Crippen LogP contribution in [0.25, 0.3) is 0 Å². The number of aliphatic hydroxyl groups is 1. The maximum atomic E-state index is 11.7. The first kappa shape index (κ1) is 10.4. The summed E-state index contributed by atoms with van der Waals surface area (Å²) in [6.45, 7) is 0. The number of rotatable bonds is 2. The number of carbonyl (C=O) groups excluding carboxylic acids is 1. The Bertz CT molecular complexity index is 321. The average Bonchev–Trinajstić information content (AvgIpc) is 2.68. The third-order valence-electron chi connectivity index (χ3n) is 2.99. The van der Waals surface area contributed by atoms with Gasteiger partial charge < -0.3 is 9.52 Å². The molecule has 1 aromatic heterocycles. The van der Waals surface area contributed by atoms with Crippen molar-refractivity contribution in [2.75, 3.05) is 0 Å². The normalized spacial score (nSPS) is 24.9. The number of oxazole rings is 1. The molecule has 2 rings (SSSR count). The Hall–Kier alpha value is -1.16. The zero-order valence-corrected chi connectivity index (χ0v) is 8.56. The van der Waals surface area contributed by atoms with Gasteiger partial charge in [0.2, 0.25) is 0 Å². The molecule has 0 bridgehead atoms. The number of carbonyl (C=O) groups is 1. The van der Waals surface area contributed by atoms with E-state index in [9.17, 15) is 9.90 Å². The molecule has 2 atom stereocenters. The number of Topliss-reactive ketones (excluding diaryl/α,β-unsaturated/α-hetero) is 1. The van der Waals surface area contributed by atoms with Crippen molar-refractivity contribution in [1.82, 2.24) is 4.98 Å². The first-order valence-corrected chi connectivity index (χ1v) is 5.38. The fourth-order valence-electron chi connectivity index (χ4n) is 2.09. The monoisotopic (exact) mass is 209 g/mol. The Morgan fingerprint density at radius 1 is 1.47 bits per heavy atom.